The molecule has 1 aliphatic heterocycles. The molecule has 0 saturated carbocycles. The van der Waals surface area contributed by atoms with Gasteiger partial charge in [-0.1, -0.05) is 18.2 Å². The number of piperazine rings is 1. The molecule has 1 saturated heterocycles. The number of hydrogen-bond donors (Lipinski definition) is 1. The number of aryl methyl sites for hydroxylation is 1. The Labute approximate surface area is 171 Å². The lowest BCUT2D eigenvalue weighted by Crippen LogP contribution is -2.45. The summed E-state index contributed by atoms with van der Waals surface area (Å²) in [5, 5.41) is 3.04. The number of hydrogen-bond acceptors (Lipinski definition) is 4. The maximum Gasteiger partial charge on any atom is 0.230 e. The van der Waals surface area contributed by atoms with Crippen molar-refractivity contribution in [1.82, 2.24) is 10.2 Å². The molecule has 0 aromatic heterocycles. The second-order valence-electron chi connectivity index (χ2n) is 7.34. The second-order valence-corrected chi connectivity index (χ2v) is 8.35. The van der Waals surface area contributed by atoms with Crippen molar-refractivity contribution < 1.29 is 9.18 Å². The van der Waals surface area contributed by atoms with Crippen molar-refractivity contribution in [2.24, 2.45) is 0 Å². The van der Waals surface area contributed by atoms with Crippen LogP contribution in [-0.2, 0) is 4.79 Å². The van der Waals surface area contributed by atoms with E-state index in [0.29, 0.717) is 5.75 Å². The van der Waals surface area contributed by atoms with Crippen molar-refractivity contribution in [2.45, 2.75) is 24.8 Å². The maximum atomic E-state index is 13.9. The predicted molar refractivity (Wildman–Crippen MR) is 115 cm³/mol. The van der Waals surface area contributed by atoms with E-state index in [-0.39, 0.29) is 17.8 Å². The van der Waals surface area contributed by atoms with Gasteiger partial charge in [0.1, 0.15) is 5.82 Å². The molecule has 1 unspecified atom stereocenters. The summed E-state index contributed by atoms with van der Waals surface area (Å²) < 4.78 is 13.9. The molecule has 1 heterocycles. The van der Waals surface area contributed by atoms with Crippen molar-refractivity contribution in [3.8, 4) is 0 Å². The van der Waals surface area contributed by atoms with Crippen LogP contribution in [0, 0.1) is 12.7 Å². The summed E-state index contributed by atoms with van der Waals surface area (Å²) in [4.78, 5) is 18.1. The van der Waals surface area contributed by atoms with Gasteiger partial charge in [-0.3, -0.25) is 4.79 Å². The first kappa shape index (κ1) is 20.7. The number of nitrogens with zero attached hydrogens (tertiary/aromatic N) is 2. The molecular weight excluding hydrogens is 373 g/mol. The predicted octanol–water partition coefficient (Wildman–Crippen LogP) is 3.86. The summed E-state index contributed by atoms with van der Waals surface area (Å²) in [5.74, 6) is 0.0200. The molecule has 6 heteroatoms. The molecule has 1 amide bonds. The van der Waals surface area contributed by atoms with Gasteiger partial charge in [0.2, 0.25) is 5.91 Å². The van der Waals surface area contributed by atoms with E-state index < -0.39 is 0 Å². The van der Waals surface area contributed by atoms with Gasteiger partial charge in [0, 0.05) is 42.3 Å². The molecule has 1 fully saturated rings. The van der Waals surface area contributed by atoms with Gasteiger partial charge in [-0.15, -0.1) is 11.8 Å². The third kappa shape index (κ3) is 5.26. The number of nitrogens with one attached hydrogen (secondary N) is 1. The number of anilines is 1. The number of benzene rings is 2. The Kier molecular flexibility index (Phi) is 6.97. The first-order valence-electron chi connectivity index (χ1n) is 9.65. The molecule has 1 atom stereocenters. The molecule has 150 valence electrons. The van der Waals surface area contributed by atoms with Crippen molar-refractivity contribution in [3.05, 3.63) is 59.4 Å². The normalized spacial score (nSPS) is 16.1. The highest BCUT2D eigenvalue weighted by molar-refractivity contribution is 8.00. The van der Waals surface area contributed by atoms with Crippen LogP contribution < -0.4 is 10.2 Å². The highest BCUT2D eigenvalue weighted by atomic mass is 32.2. The van der Waals surface area contributed by atoms with E-state index in [1.807, 2.05) is 44.2 Å². The quantitative estimate of drug-likeness (QED) is 0.746. The summed E-state index contributed by atoms with van der Waals surface area (Å²) in [6, 6.07) is 12.7. The van der Waals surface area contributed by atoms with E-state index in [0.717, 1.165) is 47.9 Å². The summed E-state index contributed by atoms with van der Waals surface area (Å²) in [6.45, 7) is 7.72. The van der Waals surface area contributed by atoms with Gasteiger partial charge in [0.25, 0.3) is 0 Å². The average molecular weight is 402 g/mol. The molecule has 1 N–H and O–H groups in total. The lowest BCUT2D eigenvalue weighted by Gasteiger charge is -2.36. The van der Waals surface area contributed by atoms with Crippen LogP contribution in [0.15, 0.2) is 47.4 Å². The van der Waals surface area contributed by atoms with Crippen molar-refractivity contribution in [1.29, 1.82) is 0 Å². The zero-order chi connectivity index (χ0) is 20.1. The van der Waals surface area contributed by atoms with Gasteiger partial charge in [0.15, 0.2) is 0 Å². The highest BCUT2D eigenvalue weighted by Gasteiger charge is 2.21. The van der Waals surface area contributed by atoms with E-state index in [1.54, 1.807) is 6.07 Å². The van der Waals surface area contributed by atoms with Crippen LogP contribution in [0.2, 0.25) is 0 Å². The summed E-state index contributed by atoms with van der Waals surface area (Å²) >= 11 is 1.53. The average Bonchev–Trinajstić information content (AvgIpc) is 2.68. The van der Waals surface area contributed by atoms with E-state index in [2.05, 4.69) is 22.2 Å². The van der Waals surface area contributed by atoms with Crippen molar-refractivity contribution >= 4 is 23.4 Å². The van der Waals surface area contributed by atoms with Gasteiger partial charge < -0.3 is 15.1 Å². The lowest BCUT2D eigenvalue weighted by molar-refractivity contribution is -0.119. The second kappa shape index (κ2) is 9.43. The minimum Gasteiger partial charge on any atom is -0.369 e. The van der Waals surface area contributed by atoms with Crippen molar-refractivity contribution in [3.63, 3.8) is 0 Å². The monoisotopic (exact) mass is 401 g/mol. The van der Waals surface area contributed by atoms with Gasteiger partial charge in [0.05, 0.1) is 11.8 Å². The molecule has 1 aliphatic rings. The first-order valence-corrected chi connectivity index (χ1v) is 10.6. The molecule has 2 aromatic rings. The van der Waals surface area contributed by atoms with Crippen molar-refractivity contribution in [2.75, 3.05) is 43.9 Å². The fourth-order valence-corrected chi connectivity index (χ4v) is 4.27. The molecule has 2 aromatic carbocycles. The number of thioether (sulfide) groups is 1. The van der Waals surface area contributed by atoms with Gasteiger partial charge in [-0.2, -0.15) is 0 Å². The van der Waals surface area contributed by atoms with Crippen LogP contribution in [0.3, 0.4) is 0 Å². The molecular formula is C22H28FN3OS. The Morgan fingerprint density at radius 3 is 2.61 bits per heavy atom. The summed E-state index contributed by atoms with van der Waals surface area (Å²) in [6.07, 6.45) is 0. The minimum atomic E-state index is -0.275. The van der Waals surface area contributed by atoms with Crippen LogP contribution in [0.5, 0.6) is 0 Å². The first-order chi connectivity index (χ1) is 13.4. The molecule has 4 nitrogen and oxygen atoms in total. The Morgan fingerprint density at radius 2 is 1.89 bits per heavy atom. The number of carbonyl (C=O) groups excluding carboxylic acids is 1. The number of amides is 1. The Hall–Kier alpha value is -2.05. The highest BCUT2D eigenvalue weighted by Crippen LogP contribution is 2.29. The fourth-order valence-electron chi connectivity index (χ4n) is 3.43. The van der Waals surface area contributed by atoms with Gasteiger partial charge in [-0.25, -0.2) is 4.39 Å². The SMILES string of the molecule is Cc1ccccc1SCC(=O)NC(C)c1cc(F)ccc1N1CCN(C)CC1. The zero-order valence-corrected chi connectivity index (χ0v) is 17.6. The van der Waals surface area contributed by atoms with Crippen LogP contribution >= 0.6 is 11.8 Å². The largest absolute Gasteiger partial charge is 0.369 e. The van der Waals surface area contributed by atoms with E-state index >= 15 is 0 Å². The maximum absolute atomic E-state index is 13.9. The van der Waals surface area contributed by atoms with Crippen LogP contribution in [0.25, 0.3) is 0 Å². The molecule has 0 aliphatic carbocycles. The third-order valence-electron chi connectivity index (χ3n) is 5.13. The number of carbonyl (C=O) groups is 1. The van der Waals surface area contributed by atoms with Gasteiger partial charge in [-0.05, 0) is 50.7 Å². The Morgan fingerprint density at radius 1 is 1.18 bits per heavy atom. The zero-order valence-electron chi connectivity index (χ0n) is 16.7. The standard InChI is InChI=1S/C22H28FN3OS/c1-16-6-4-5-7-21(16)28-15-22(27)24-17(2)19-14-18(23)8-9-20(19)26-12-10-25(3)11-13-26/h4-9,14,17H,10-13,15H2,1-3H3,(H,24,27). The van der Waals surface area contributed by atoms with E-state index in [1.165, 1.54) is 17.8 Å². The smallest absolute Gasteiger partial charge is 0.230 e. The molecule has 3 rings (SSSR count). The Bertz CT molecular complexity index is 821. The van der Waals surface area contributed by atoms with E-state index in [4.69, 9.17) is 0 Å². The lowest BCUT2D eigenvalue weighted by atomic mass is 10.0. The third-order valence-corrected chi connectivity index (χ3v) is 6.31. The topological polar surface area (TPSA) is 35.6 Å². The molecule has 0 radical (unpaired) electrons. The minimum absolute atomic E-state index is 0.0469. The molecule has 28 heavy (non-hydrogen) atoms. The van der Waals surface area contributed by atoms with E-state index in [9.17, 15) is 9.18 Å². The van der Waals surface area contributed by atoms with Crippen LogP contribution in [0.4, 0.5) is 10.1 Å². The van der Waals surface area contributed by atoms with Crippen LogP contribution in [-0.4, -0.2) is 49.8 Å². The number of likely N-dealkylation sites (N-methyl/N-ethyl adjacent to an activating group) is 1. The fraction of sp³-hybridized carbons (Fsp3) is 0.409. The summed E-state index contributed by atoms with van der Waals surface area (Å²) in [7, 11) is 2.11. The number of halogens is 1. The molecule has 0 spiro atoms. The Balaban J connectivity index is 1.66. The summed E-state index contributed by atoms with van der Waals surface area (Å²) in [5.41, 5.74) is 3.00. The van der Waals surface area contributed by atoms with Gasteiger partial charge >= 0.3 is 0 Å². The molecule has 0 bridgehead atoms. The van der Waals surface area contributed by atoms with Crippen LogP contribution in [0.1, 0.15) is 24.1 Å². The number of rotatable bonds is 6.